The fourth-order valence-electron chi connectivity index (χ4n) is 4.82. The van der Waals surface area contributed by atoms with Crippen LogP contribution in [0.4, 0.5) is 14.6 Å². The molecule has 0 spiro atoms. The number of imidazole rings is 1. The summed E-state index contributed by atoms with van der Waals surface area (Å²) < 4.78 is 42.6. The summed E-state index contributed by atoms with van der Waals surface area (Å²) in [4.78, 5) is 38.9. The van der Waals surface area contributed by atoms with Crippen molar-refractivity contribution >= 4 is 34.0 Å². The van der Waals surface area contributed by atoms with Crippen molar-refractivity contribution in [3.63, 3.8) is 0 Å². The van der Waals surface area contributed by atoms with Crippen LogP contribution in [-0.2, 0) is 4.74 Å². The Morgan fingerprint density at radius 3 is 2.69 bits per heavy atom. The van der Waals surface area contributed by atoms with E-state index in [4.69, 9.17) is 21.1 Å². The number of ether oxygens (including phenoxy) is 2. The van der Waals surface area contributed by atoms with Gasteiger partial charge in [-0.3, -0.25) is 13.8 Å². The third-order valence-electron chi connectivity index (χ3n) is 6.69. The minimum Gasteiger partial charge on any atom is -0.480 e. The topological polar surface area (TPSA) is 95.9 Å². The predicted octanol–water partition coefficient (Wildman–Crippen LogP) is 3.35. The van der Waals surface area contributed by atoms with Crippen LogP contribution >= 0.6 is 11.6 Å². The van der Waals surface area contributed by atoms with Crippen molar-refractivity contribution in [2.45, 2.75) is 13.0 Å². The molecule has 0 saturated carbocycles. The smallest absolute Gasteiger partial charge is 0.342 e. The van der Waals surface area contributed by atoms with Crippen LogP contribution in [0.5, 0.6) is 5.88 Å². The molecule has 39 heavy (non-hydrogen) atoms. The van der Waals surface area contributed by atoms with Crippen LogP contribution in [-0.4, -0.2) is 56.4 Å². The number of aromatic nitrogens is 5. The highest BCUT2D eigenvalue weighted by Crippen LogP contribution is 2.30. The molecule has 0 bridgehead atoms. The maximum atomic E-state index is 14.1. The van der Waals surface area contributed by atoms with Crippen molar-refractivity contribution in [1.82, 2.24) is 23.5 Å². The largest absolute Gasteiger partial charge is 0.480 e. The average Bonchev–Trinajstić information content (AvgIpc) is 3.32. The molecule has 0 radical (unpaired) electrons. The third-order valence-corrected chi connectivity index (χ3v) is 6.98. The quantitative estimate of drug-likeness (QED) is 0.336. The molecule has 10 nitrogen and oxygen atoms in total. The van der Waals surface area contributed by atoms with E-state index in [1.165, 1.54) is 52.7 Å². The van der Waals surface area contributed by atoms with Gasteiger partial charge >= 0.3 is 5.69 Å². The molecular weight excluding hydrogens is 534 g/mol. The highest BCUT2D eigenvalue weighted by atomic mass is 35.5. The van der Waals surface area contributed by atoms with Gasteiger partial charge in [0, 0.05) is 24.9 Å². The monoisotopic (exact) mass is 554 g/mol. The summed E-state index contributed by atoms with van der Waals surface area (Å²) in [5.41, 5.74) is -0.926. The molecule has 0 aliphatic carbocycles. The zero-order valence-corrected chi connectivity index (χ0v) is 21.5. The van der Waals surface area contributed by atoms with Gasteiger partial charge in [0.25, 0.3) is 5.56 Å². The second-order valence-electron chi connectivity index (χ2n) is 9.05. The number of methoxy groups -OCH3 is 1. The Morgan fingerprint density at radius 1 is 1.13 bits per heavy atom. The Hall–Kier alpha value is -4.29. The molecule has 5 heterocycles. The number of morpholine rings is 1. The van der Waals surface area contributed by atoms with Crippen LogP contribution in [0.15, 0.2) is 58.4 Å². The number of pyridine rings is 2. The number of benzene rings is 1. The van der Waals surface area contributed by atoms with Crippen molar-refractivity contribution in [2.75, 3.05) is 31.8 Å². The number of rotatable bonds is 4. The summed E-state index contributed by atoms with van der Waals surface area (Å²) in [7, 11) is 1.37. The first kappa shape index (κ1) is 25.0. The normalized spacial score (nSPS) is 15.8. The minimum atomic E-state index is -0.782. The van der Waals surface area contributed by atoms with Crippen molar-refractivity contribution in [3.05, 3.63) is 86.3 Å². The van der Waals surface area contributed by atoms with Gasteiger partial charge in [-0.05, 0) is 31.2 Å². The van der Waals surface area contributed by atoms with Gasteiger partial charge in [0.15, 0.2) is 0 Å². The molecule has 0 unspecified atom stereocenters. The molecule has 1 fully saturated rings. The zero-order valence-electron chi connectivity index (χ0n) is 20.8. The van der Waals surface area contributed by atoms with E-state index in [-0.39, 0.29) is 45.0 Å². The number of halogens is 3. The number of fused-ring (bicyclic) bond motifs is 2. The van der Waals surface area contributed by atoms with Gasteiger partial charge in [0.05, 0.1) is 48.8 Å². The molecular formula is C26H21ClF2N6O4. The van der Waals surface area contributed by atoms with E-state index in [0.29, 0.717) is 25.6 Å². The van der Waals surface area contributed by atoms with Gasteiger partial charge in [0.1, 0.15) is 34.3 Å². The average molecular weight is 555 g/mol. The Balaban J connectivity index is 1.74. The summed E-state index contributed by atoms with van der Waals surface area (Å²) >= 11 is 6.09. The van der Waals surface area contributed by atoms with E-state index >= 15 is 0 Å². The zero-order chi connectivity index (χ0) is 27.4. The fraction of sp³-hybridized carbons (Fsp3) is 0.231. The van der Waals surface area contributed by atoms with Crippen LogP contribution in [0.25, 0.3) is 28.1 Å². The van der Waals surface area contributed by atoms with E-state index in [2.05, 4.69) is 9.97 Å². The van der Waals surface area contributed by atoms with Crippen LogP contribution in [0.2, 0.25) is 5.02 Å². The molecule has 4 aromatic heterocycles. The molecule has 0 amide bonds. The van der Waals surface area contributed by atoms with Gasteiger partial charge in [-0.25, -0.2) is 23.1 Å². The summed E-state index contributed by atoms with van der Waals surface area (Å²) in [6.07, 6.45) is 2.65. The van der Waals surface area contributed by atoms with Gasteiger partial charge < -0.3 is 14.4 Å². The third kappa shape index (κ3) is 4.03. The molecule has 200 valence electrons. The van der Waals surface area contributed by atoms with Gasteiger partial charge in [0.2, 0.25) is 5.88 Å². The number of hydrogen-bond donors (Lipinski definition) is 0. The van der Waals surface area contributed by atoms with Crippen molar-refractivity contribution in [2.24, 2.45) is 0 Å². The maximum Gasteiger partial charge on any atom is 0.342 e. The van der Waals surface area contributed by atoms with E-state index in [9.17, 15) is 18.4 Å². The SMILES string of the molecule is COc1nc(N2CCOC[C@H]2C)cc2c1c(=O)n(-c1cnc3cc(F)ccn13)c(=O)n2-c1ccc(F)c(Cl)c1. The predicted molar refractivity (Wildman–Crippen MR) is 141 cm³/mol. The molecule has 1 aliphatic rings. The first-order valence-electron chi connectivity index (χ1n) is 12.0. The molecule has 1 saturated heterocycles. The summed E-state index contributed by atoms with van der Waals surface area (Å²) in [6, 6.07) is 7.74. The number of nitrogens with zero attached hydrogens (tertiary/aromatic N) is 6. The highest BCUT2D eigenvalue weighted by molar-refractivity contribution is 6.30. The molecule has 13 heteroatoms. The van der Waals surface area contributed by atoms with Crippen LogP contribution < -0.4 is 20.9 Å². The Kier molecular flexibility index (Phi) is 6.07. The lowest BCUT2D eigenvalue weighted by atomic mass is 10.2. The number of anilines is 1. The molecule has 0 N–H and O–H groups in total. The second-order valence-corrected chi connectivity index (χ2v) is 9.45. The molecule has 6 rings (SSSR count). The van der Waals surface area contributed by atoms with E-state index < -0.39 is 22.9 Å². The second kappa shape index (κ2) is 9.47. The van der Waals surface area contributed by atoms with E-state index in [1.807, 2.05) is 11.8 Å². The molecule has 1 aliphatic heterocycles. The molecule has 1 atom stereocenters. The van der Waals surface area contributed by atoms with Gasteiger partial charge in [-0.2, -0.15) is 4.98 Å². The number of hydrogen-bond acceptors (Lipinski definition) is 7. The van der Waals surface area contributed by atoms with Crippen LogP contribution in [0, 0.1) is 11.6 Å². The highest BCUT2D eigenvalue weighted by Gasteiger charge is 2.26. The van der Waals surface area contributed by atoms with Crippen LogP contribution in [0.1, 0.15) is 6.92 Å². The summed E-state index contributed by atoms with van der Waals surface area (Å²) in [5.74, 6) is -0.672. The lowest BCUT2D eigenvalue weighted by Crippen LogP contribution is -2.44. The van der Waals surface area contributed by atoms with Crippen molar-refractivity contribution in [3.8, 4) is 17.4 Å². The van der Waals surface area contributed by atoms with Crippen LogP contribution in [0.3, 0.4) is 0 Å². The van der Waals surface area contributed by atoms with Gasteiger partial charge in [-0.1, -0.05) is 11.6 Å². The lowest BCUT2D eigenvalue weighted by molar-refractivity contribution is 0.0985. The molecule has 1 aromatic carbocycles. The maximum absolute atomic E-state index is 14.1. The summed E-state index contributed by atoms with van der Waals surface area (Å²) in [5, 5.41) is -0.210. The summed E-state index contributed by atoms with van der Waals surface area (Å²) in [6.45, 7) is 3.45. The minimum absolute atomic E-state index is 0.000674. The van der Waals surface area contributed by atoms with E-state index in [0.717, 1.165) is 10.6 Å². The Bertz CT molecular complexity index is 1890. The van der Waals surface area contributed by atoms with Crippen molar-refractivity contribution < 1.29 is 18.3 Å². The standard InChI is InChI=1S/C26H21ClF2N6O4/c1-14-13-39-8-7-32(14)21-11-19-23(24(31-21)38-2)25(36)35(22-12-30-20-9-15(28)5-6-33(20)22)26(37)34(19)16-3-4-18(29)17(27)10-16/h3-6,9-12,14H,7-8,13H2,1-2H3/t14-/m1/s1. The Morgan fingerprint density at radius 2 is 1.95 bits per heavy atom. The lowest BCUT2D eigenvalue weighted by Gasteiger charge is -2.34. The Labute approximate surface area is 224 Å². The molecule has 5 aromatic rings. The first-order chi connectivity index (χ1) is 18.8. The van der Waals surface area contributed by atoms with Crippen molar-refractivity contribution in [1.29, 1.82) is 0 Å². The first-order valence-corrected chi connectivity index (χ1v) is 12.4. The van der Waals surface area contributed by atoms with E-state index in [1.54, 1.807) is 6.07 Å². The van der Waals surface area contributed by atoms with Gasteiger partial charge in [-0.15, -0.1) is 0 Å². The fourth-order valence-corrected chi connectivity index (χ4v) is 5.00.